The van der Waals surface area contributed by atoms with Crippen LogP contribution in [0.15, 0.2) is 29.1 Å². The number of nitrogens with zero attached hydrogens (tertiary/aromatic N) is 1. The van der Waals surface area contributed by atoms with Crippen molar-refractivity contribution < 1.29 is 8.78 Å². The van der Waals surface area contributed by atoms with Crippen molar-refractivity contribution in [2.45, 2.75) is 26.3 Å². The fraction of sp³-hybridized carbons (Fsp3) is 0.333. The van der Waals surface area contributed by atoms with Crippen LogP contribution in [0.4, 0.5) is 8.78 Å². The maximum Gasteiger partial charge on any atom is 0.251 e. The molecule has 4 nitrogen and oxygen atoms in total. The molecule has 6 heteroatoms. The van der Waals surface area contributed by atoms with E-state index in [1.807, 2.05) is 6.92 Å². The standard InChI is InChI=1S/C15H17F2N3O/c1-2-5-18-9-12-8-15(21)20-14(19-12)6-10-3-4-11(16)7-13(10)17/h3-4,7-8,18H,2,5-6,9H2,1H3,(H,19,20,21). The molecule has 0 aliphatic heterocycles. The zero-order chi connectivity index (χ0) is 15.2. The molecular weight excluding hydrogens is 276 g/mol. The first kappa shape index (κ1) is 15.3. The molecule has 0 bridgehead atoms. The van der Waals surface area contributed by atoms with E-state index in [9.17, 15) is 13.6 Å². The molecule has 2 N–H and O–H groups in total. The highest BCUT2D eigenvalue weighted by Gasteiger charge is 2.08. The summed E-state index contributed by atoms with van der Waals surface area (Å²) < 4.78 is 26.5. The Hall–Kier alpha value is -2.08. The topological polar surface area (TPSA) is 57.8 Å². The van der Waals surface area contributed by atoms with Crippen LogP contribution in [0.1, 0.15) is 30.4 Å². The number of benzene rings is 1. The Bertz CT molecular complexity index is 670. The molecule has 0 radical (unpaired) electrons. The third kappa shape index (κ3) is 4.46. The summed E-state index contributed by atoms with van der Waals surface area (Å²) >= 11 is 0. The first-order valence-electron chi connectivity index (χ1n) is 6.82. The molecule has 112 valence electrons. The van der Waals surface area contributed by atoms with Crippen molar-refractivity contribution in [2.75, 3.05) is 6.54 Å². The summed E-state index contributed by atoms with van der Waals surface area (Å²) in [4.78, 5) is 18.5. The molecule has 2 aromatic rings. The van der Waals surface area contributed by atoms with Crippen molar-refractivity contribution in [2.24, 2.45) is 0 Å². The normalized spacial score (nSPS) is 10.8. The second kappa shape index (κ2) is 7.08. The molecule has 0 saturated carbocycles. The highest BCUT2D eigenvalue weighted by Crippen LogP contribution is 2.12. The van der Waals surface area contributed by atoms with Gasteiger partial charge in [-0.25, -0.2) is 13.8 Å². The lowest BCUT2D eigenvalue weighted by molar-refractivity contribution is 0.573. The van der Waals surface area contributed by atoms with Gasteiger partial charge in [0.15, 0.2) is 0 Å². The number of nitrogens with one attached hydrogen (secondary N) is 2. The summed E-state index contributed by atoms with van der Waals surface area (Å²) in [6.07, 6.45) is 1.10. The van der Waals surface area contributed by atoms with E-state index in [0.29, 0.717) is 23.6 Å². The monoisotopic (exact) mass is 293 g/mol. The summed E-state index contributed by atoms with van der Waals surface area (Å²) in [5, 5.41) is 3.15. The summed E-state index contributed by atoms with van der Waals surface area (Å²) in [5.74, 6) is -0.913. The quantitative estimate of drug-likeness (QED) is 0.802. The van der Waals surface area contributed by atoms with Gasteiger partial charge in [0, 0.05) is 25.1 Å². The SMILES string of the molecule is CCCNCc1cc(=O)[nH]c(Cc2ccc(F)cc2F)n1. The Balaban J connectivity index is 2.17. The van der Waals surface area contributed by atoms with Gasteiger partial charge in [0.05, 0.1) is 5.69 Å². The fourth-order valence-electron chi connectivity index (χ4n) is 1.98. The molecule has 1 heterocycles. The van der Waals surface area contributed by atoms with Gasteiger partial charge in [0.2, 0.25) is 0 Å². The highest BCUT2D eigenvalue weighted by molar-refractivity contribution is 5.22. The second-order valence-electron chi connectivity index (χ2n) is 4.77. The summed E-state index contributed by atoms with van der Waals surface area (Å²) in [5.41, 5.74) is 0.610. The largest absolute Gasteiger partial charge is 0.311 e. The Morgan fingerprint density at radius 3 is 2.81 bits per heavy atom. The Labute approximate surface area is 121 Å². The maximum absolute atomic E-state index is 13.6. The van der Waals surface area contributed by atoms with Gasteiger partial charge in [-0.15, -0.1) is 0 Å². The Morgan fingerprint density at radius 1 is 1.29 bits per heavy atom. The third-order valence-corrected chi connectivity index (χ3v) is 2.95. The molecule has 1 aromatic carbocycles. The third-order valence-electron chi connectivity index (χ3n) is 2.95. The number of hydrogen-bond acceptors (Lipinski definition) is 3. The molecular formula is C15H17F2N3O. The number of aromatic amines is 1. The van der Waals surface area contributed by atoms with Crippen LogP contribution >= 0.6 is 0 Å². The van der Waals surface area contributed by atoms with Gasteiger partial charge in [-0.2, -0.15) is 0 Å². The van der Waals surface area contributed by atoms with E-state index in [2.05, 4.69) is 15.3 Å². The number of halogens is 2. The molecule has 21 heavy (non-hydrogen) atoms. The van der Waals surface area contributed by atoms with E-state index in [4.69, 9.17) is 0 Å². The van der Waals surface area contributed by atoms with Gasteiger partial charge in [0.25, 0.3) is 5.56 Å². The van der Waals surface area contributed by atoms with Gasteiger partial charge in [-0.3, -0.25) is 4.79 Å². The van der Waals surface area contributed by atoms with Gasteiger partial charge in [-0.1, -0.05) is 13.0 Å². The van der Waals surface area contributed by atoms with Crippen LogP contribution in [-0.2, 0) is 13.0 Å². The van der Waals surface area contributed by atoms with Gasteiger partial charge in [0.1, 0.15) is 17.5 Å². The zero-order valence-electron chi connectivity index (χ0n) is 11.7. The number of H-pyrrole nitrogens is 1. The molecule has 0 spiro atoms. The highest BCUT2D eigenvalue weighted by atomic mass is 19.1. The lowest BCUT2D eigenvalue weighted by Crippen LogP contribution is -2.19. The van der Waals surface area contributed by atoms with Crippen molar-refractivity contribution >= 4 is 0 Å². The lowest BCUT2D eigenvalue weighted by Gasteiger charge is -2.06. The minimum atomic E-state index is -0.646. The van der Waals surface area contributed by atoms with Crippen molar-refractivity contribution in [3.8, 4) is 0 Å². The minimum Gasteiger partial charge on any atom is -0.311 e. The van der Waals surface area contributed by atoms with Crippen LogP contribution in [-0.4, -0.2) is 16.5 Å². The van der Waals surface area contributed by atoms with E-state index in [1.54, 1.807) is 0 Å². The van der Waals surface area contributed by atoms with E-state index in [0.717, 1.165) is 19.0 Å². The Kier molecular flexibility index (Phi) is 5.16. The molecule has 0 fully saturated rings. The van der Waals surface area contributed by atoms with Gasteiger partial charge < -0.3 is 10.3 Å². The first-order valence-corrected chi connectivity index (χ1v) is 6.82. The molecule has 0 atom stereocenters. The van der Waals surface area contributed by atoms with Gasteiger partial charge >= 0.3 is 0 Å². The summed E-state index contributed by atoms with van der Waals surface area (Å²) in [6.45, 7) is 3.36. The predicted molar refractivity (Wildman–Crippen MR) is 76.0 cm³/mol. The van der Waals surface area contributed by atoms with Crippen LogP contribution in [0.3, 0.4) is 0 Å². The molecule has 0 aliphatic carbocycles. The van der Waals surface area contributed by atoms with Crippen LogP contribution in [0.5, 0.6) is 0 Å². The van der Waals surface area contributed by atoms with Crippen LogP contribution in [0, 0.1) is 11.6 Å². The van der Waals surface area contributed by atoms with Crippen molar-refractivity contribution in [3.63, 3.8) is 0 Å². The number of rotatable bonds is 6. The summed E-state index contributed by atoms with van der Waals surface area (Å²) in [7, 11) is 0. The van der Waals surface area contributed by atoms with Crippen molar-refractivity contribution in [1.29, 1.82) is 0 Å². The smallest absolute Gasteiger partial charge is 0.251 e. The van der Waals surface area contributed by atoms with Crippen LogP contribution in [0.2, 0.25) is 0 Å². The second-order valence-corrected chi connectivity index (χ2v) is 4.77. The lowest BCUT2D eigenvalue weighted by atomic mass is 10.1. The predicted octanol–water partition coefficient (Wildman–Crippen LogP) is 2.14. The van der Waals surface area contributed by atoms with E-state index in [-0.39, 0.29) is 12.0 Å². The van der Waals surface area contributed by atoms with Crippen molar-refractivity contribution in [1.82, 2.24) is 15.3 Å². The number of hydrogen-bond donors (Lipinski definition) is 2. The zero-order valence-corrected chi connectivity index (χ0v) is 11.7. The van der Waals surface area contributed by atoms with E-state index < -0.39 is 11.6 Å². The minimum absolute atomic E-state index is 0.114. The summed E-state index contributed by atoms with van der Waals surface area (Å²) in [6, 6.07) is 4.77. The van der Waals surface area contributed by atoms with E-state index in [1.165, 1.54) is 18.2 Å². The maximum atomic E-state index is 13.6. The molecule has 0 unspecified atom stereocenters. The number of aromatic nitrogens is 2. The molecule has 1 aromatic heterocycles. The molecule has 0 saturated heterocycles. The van der Waals surface area contributed by atoms with Crippen LogP contribution < -0.4 is 10.9 Å². The average Bonchev–Trinajstić information content (AvgIpc) is 2.42. The Morgan fingerprint density at radius 2 is 2.10 bits per heavy atom. The molecule has 0 amide bonds. The fourth-order valence-corrected chi connectivity index (χ4v) is 1.98. The van der Waals surface area contributed by atoms with Gasteiger partial charge in [-0.05, 0) is 24.6 Å². The molecule has 0 aliphatic rings. The van der Waals surface area contributed by atoms with Crippen LogP contribution in [0.25, 0.3) is 0 Å². The van der Waals surface area contributed by atoms with E-state index >= 15 is 0 Å². The average molecular weight is 293 g/mol. The van der Waals surface area contributed by atoms with Crippen molar-refractivity contribution in [3.05, 3.63) is 63.3 Å². The first-order chi connectivity index (χ1) is 10.1. The molecule has 2 rings (SSSR count).